The molecule has 0 atom stereocenters. The van der Waals surface area contributed by atoms with Gasteiger partial charge in [0.05, 0.1) is 19.2 Å². The quantitative estimate of drug-likeness (QED) is 0.824. The predicted molar refractivity (Wildman–Crippen MR) is 61.2 cm³/mol. The summed E-state index contributed by atoms with van der Waals surface area (Å²) in [5.41, 5.74) is 0.557. The monoisotopic (exact) mass is 242 g/mol. The lowest BCUT2D eigenvalue weighted by molar-refractivity contribution is -0.131. The van der Waals surface area contributed by atoms with Gasteiger partial charge in [0, 0.05) is 6.08 Å². The molecule has 1 N–H and O–H groups in total. The zero-order chi connectivity index (χ0) is 12.1. The van der Waals surface area contributed by atoms with Crippen molar-refractivity contribution in [1.82, 2.24) is 0 Å². The molecule has 4 nitrogen and oxygen atoms in total. The van der Waals surface area contributed by atoms with Gasteiger partial charge in [0.1, 0.15) is 0 Å². The van der Waals surface area contributed by atoms with Crippen LogP contribution in [0, 0.1) is 0 Å². The SMILES string of the molecule is COc1ccc(C=CC(=O)O)c(Cl)c1OC. The third-order valence-corrected chi connectivity index (χ3v) is 2.31. The summed E-state index contributed by atoms with van der Waals surface area (Å²) >= 11 is 6.03. The Labute approximate surface area is 98.1 Å². The van der Waals surface area contributed by atoms with E-state index in [0.717, 1.165) is 6.08 Å². The number of carbonyl (C=O) groups is 1. The van der Waals surface area contributed by atoms with Crippen LogP contribution in [0.15, 0.2) is 18.2 Å². The molecule has 86 valence electrons. The first kappa shape index (κ1) is 12.4. The molecule has 1 aromatic rings. The van der Waals surface area contributed by atoms with Crippen molar-refractivity contribution < 1.29 is 19.4 Å². The van der Waals surface area contributed by atoms with Crippen LogP contribution >= 0.6 is 11.6 Å². The van der Waals surface area contributed by atoms with E-state index in [4.69, 9.17) is 26.2 Å². The van der Waals surface area contributed by atoms with Crippen molar-refractivity contribution in [3.05, 3.63) is 28.8 Å². The van der Waals surface area contributed by atoms with Crippen LogP contribution in [0.5, 0.6) is 11.5 Å². The van der Waals surface area contributed by atoms with Gasteiger partial charge in [-0.3, -0.25) is 0 Å². The molecule has 0 aromatic heterocycles. The highest BCUT2D eigenvalue weighted by molar-refractivity contribution is 6.33. The first-order chi connectivity index (χ1) is 7.60. The second-order valence-electron chi connectivity index (χ2n) is 2.88. The molecule has 0 radical (unpaired) electrons. The highest BCUT2D eigenvalue weighted by Crippen LogP contribution is 2.37. The Hall–Kier alpha value is -1.68. The van der Waals surface area contributed by atoms with Gasteiger partial charge in [0.25, 0.3) is 0 Å². The largest absolute Gasteiger partial charge is 0.493 e. The molecular weight excluding hydrogens is 232 g/mol. The minimum absolute atomic E-state index is 0.319. The first-order valence-corrected chi connectivity index (χ1v) is 4.79. The molecule has 0 amide bonds. The summed E-state index contributed by atoms with van der Waals surface area (Å²) in [5.74, 6) is -0.150. The van der Waals surface area contributed by atoms with E-state index in [1.807, 2.05) is 0 Å². The normalized spacial score (nSPS) is 10.4. The third kappa shape index (κ3) is 2.67. The molecule has 0 unspecified atom stereocenters. The fourth-order valence-corrected chi connectivity index (χ4v) is 1.49. The second kappa shape index (κ2) is 5.42. The van der Waals surface area contributed by atoms with Crippen molar-refractivity contribution in [3.63, 3.8) is 0 Å². The van der Waals surface area contributed by atoms with E-state index in [1.165, 1.54) is 20.3 Å². The summed E-state index contributed by atoms with van der Waals surface area (Å²) in [6, 6.07) is 3.31. The summed E-state index contributed by atoms with van der Waals surface area (Å²) in [6.45, 7) is 0. The maximum Gasteiger partial charge on any atom is 0.328 e. The minimum atomic E-state index is -1.04. The molecule has 0 aliphatic rings. The van der Waals surface area contributed by atoms with Crippen molar-refractivity contribution in [1.29, 1.82) is 0 Å². The second-order valence-corrected chi connectivity index (χ2v) is 3.25. The number of rotatable bonds is 4. The lowest BCUT2D eigenvalue weighted by atomic mass is 10.2. The Morgan fingerprint density at radius 3 is 2.56 bits per heavy atom. The van der Waals surface area contributed by atoms with Crippen LogP contribution in [0.3, 0.4) is 0 Å². The van der Waals surface area contributed by atoms with Gasteiger partial charge in [-0.2, -0.15) is 0 Å². The number of ether oxygens (including phenoxy) is 2. The average molecular weight is 243 g/mol. The van der Waals surface area contributed by atoms with Crippen LogP contribution in [0.25, 0.3) is 6.08 Å². The molecule has 16 heavy (non-hydrogen) atoms. The molecule has 0 aliphatic carbocycles. The zero-order valence-corrected chi connectivity index (χ0v) is 9.62. The van der Waals surface area contributed by atoms with Crippen LogP contribution in [-0.4, -0.2) is 25.3 Å². The number of aliphatic carboxylic acids is 1. The Balaban J connectivity index is 3.18. The van der Waals surface area contributed by atoms with E-state index >= 15 is 0 Å². The van der Waals surface area contributed by atoms with Crippen molar-refractivity contribution in [3.8, 4) is 11.5 Å². The molecule has 0 heterocycles. The summed E-state index contributed by atoms with van der Waals surface area (Å²) < 4.78 is 10.1. The zero-order valence-electron chi connectivity index (χ0n) is 8.86. The summed E-state index contributed by atoms with van der Waals surface area (Å²) in [7, 11) is 2.97. The fraction of sp³-hybridized carbons (Fsp3) is 0.182. The van der Waals surface area contributed by atoms with Crippen molar-refractivity contribution in [2.45, 2.75) is 0 Å². The Morgan fingerprint density at radius 2 is 2.06 bits per heavy atom. The molecule has 0 saturated carbocycles. The lowest BCUT2D eigenvalue weighted by Crippen LogP contribution is -1.93. The molecule has 0 fully saturated rings. The topological polar surface area (TPSA) is 55.8 Å². The van der Waals surface area contributed by atoms with Crippen LogP contribution < -0.4 is 9.47 Å². The highest BCUT2D eigenvalue weighted by Gasteiger charge is 2.11. The molecule has 0 bridgehead atoms. The van der Waals surface area contributed by atoms with Gasteiger partial charge in [-0.05, 0) is 23.8 Å². The van der Waals surface area contributed by atoms with Crippen LogP contribution in [0.4, 0.5) is 0 Å². The van der Waals surface area contributed by atoms with Crippen LogP contribution in [-0.2, 0) is 4.79 Å². The van der Waals surface area contributed by atoms with Gasteiger partial charge in [-0.15, -0.1) is 0 Å². The van der Waals surface area contributed by atoms with Gasteiger partial charge >= 0.3 is 5.97 Å². The smallest absolute Gasteiger partial charge is 0.328 e. The maximum absolute atomic E-state index is 10.4. The van der Waals surface area contributed by atoms with Crippen molar-refractivity contribution in [2.24, 2.45) is 0 Å². The molecule has 0 spiro atoms. The number of carboxylic acid groups (broad SMARTS) is 1. The Kier molecular flexibility index (Phi) is 4.19. The average Bonchev–Trinajstić information content (AvgIpc) is 2.26. The van der Waals surface area contributed by atoms with Crippen LogP contribution in [0.2, 0.25) is 5.02 Å². The van der Waals surface area contributed by atoms with E-state index < -0.39 is 5.97 Å². The number of hydrogen-bond donors (Lipinski definition) is 1. The predicted octanol–water partition coefficient (Wildman–Crippen LogP) is 2.46. The van der Waals surface area contributed by atoms with Gasteiger partial charge in [0.2, 0.25) is 0 Å². The Morgan fingerprint density at radius 1 is 1.38 bits per heavy atom. The molecular formula is C11H11ClO4. The molecule has 5 heteroatoms. The summed E-state index contributed by atoms with van der Waals surface area (Å²) in [4.78, 5) is 10.4. The van der Waals surface area contributed by atoms with Crippen LogP contribution in [0.1, 0.15) is 5.56 Å². The summed E-state index contributed by atoms with van der Waals surface area (Å²) in [6.07, 6.45) is 2.40. The number of methoxy groups -OCH3 is 2. The molecule has 0 saturated heterocycles. The number of carboxylic acids is 1. The standard InChI is InChI=1S/C11H11ClO4/c1-15-8-5-3-7(4-6-9(13)14)10(12)11(8)16-2/h3-6H,1-2H3,(H,13,14). The van der Waals surface area contributed by atoms with E-state index in [0.29, 0.717) is 22.1 Å². The number of halogens is 1. The highest BCUT2D eigenvalue weighted by atomic mass is 35.5. The third-order valence-electron chi connectivity index (χ3n) is 1.92. The minimum Gasteiger partial charge on any atom is -0.493 e. The van der Waals surface area contributed by atoms with E-state index in [-0.39, 0.29) is 0 Å². The Bertz CT molecular complexity index is 426. The van der Waals surface area contributed by atoms with Gasteiger partial charge in [0.15, 0.2) is 11.5 Å². The van der Waals surface area contributed by atoms with Gasteiger partial charge in [-0.25, -0.2) is 4.79 Å². The maximum atomic E-state index is 10.4. The van der Waals surface area contributed by atoms with Gasteiger partial charge < -0.3 is 14.6 Å². The lowest BCUT2D eigenvalue weighted by Gasteiger charge is -2.10. The fourth-order valence-electron chi connectivity index (χ4n) is 1.19. The van der Waals surface area contributed by atoms with E-state index in [2.05, 4.69) is 0 Å². The van der Waals surface area contributed by atoms with Crippen molar-refractivity contribution in [2.75, 3.05) is 14.2 Å². The first-order valence-electron chi connectivity index (χ1n) is 4.41. The molecule has 1 rings (SSSR count). The van der Waals surface area contributed by atoms with Crippen molar-refractivity contribution >= 4 is 23.6 Å². The molecule has 0 aliphatic heterocycles. The molecule has 1 aromatic carbocycles. The van der Waals surface area contributed by atoms with E-state index in [1.54, 1.807) is 12.1 Å². The van der Waals surface area contributed by atoms with E-state index in [9.17, 15) is 4.79 Å². The number of hydrogen-bond acceptors (Lipinski definition) is 3. The number of benzene rings is 1. The summed E-state index contributed by atoms with van der Waals surface area (Å²) in [5, 5.41) is 8.83. The van der Waals surface area contributed by atoms with Gasteiger partial charge in [-0.1, -0.05) is 11.6 Å².